The fraction of sp³-hybridized carbons (Fsp3) is 0.292. The molecule has 1 aliphatic rings. The fourth-order valence-corrected chi connectivity index (χ4v) is 3.83. The van der Waals surface area contributed by atoms with Gasteiger partial charge in [-0.1, -0.05) is 17.7 Å². The van der Waals surface area contributed by atoms with Gasteiger partial charge < -0.3 is 19.9 Å². The molecule has 0 unspecified atom stereocenters. The number of carbonyl (C=O) groups excluding carboxylic acids is 1. The minimum atomic E-state index is -0.357. The molecule has 7 nitrogen and oxygen atoms in total. The molecule has 0 bridgehead atoms. The predicted molar refractivity (Wildman–Crippen MR) is 123 cm³/mol. The lowest BCUT2D eigenvalue weighted by molar-refractivity contribution is 0.208. The van der Waals surface area contributed by atoms with E-state index in [1.807, 2.05) is 38.1 Å². The van der Waals surface area contributed by atoms with E-state index in [0.29, 0.717) is 43.2 Å². The van der Waals surface area contributed by atoms with Crippen LogP contribution in [0.2, 0.25) is 0 Å². The Morgan fingerprint density at radius 3 is 2.53 bits per heavy atom. The van der Waals surface area contributed by atoms with Crippen LogP contribution in [0.25, 0.3) is 11.3 Å². The summed E-state index contributed by atoms with van der Waals surface area (Å²) in [5.74, 6) is 0.920. The summed E-state index contributed by atoms with van der Waals surface area (Å²) in [5.41, 5.74) is 4.18. The van der Waals surface area contributed by atoms with Gasteiger partial charge in [0.25, 0.3) is 0 Å². The lowest BCUT2D eigenvalue weighted by Gasteiger charge is -2.35. The molecular weight excluding hydrogens is 409 g/mol. The number of ether oxygens (including phenoxy) is 1. The molecule has 2 aromatic carbocycles. The molecule has 32 heavy (non-hydrogen) atoms. The first-order valence-corrected chi connectivity index (χ1v) is 10.5. The summed E-state index contributed by atoms with van der Waals surface area (Å²) < 4.78 is 19.1. The number of amides is 2. The lowest BCUT2D eigenvalue weighted by Crippen LogP contribution is -2.50. The van der Waals surface area contributed by atoms with Crippen molar-refractivity contribution in [3.63, 3.8) is 0 Å². The minimum absolute atomic E-state index is 0.107. The average Bonchev–Trinajstić information content (AvgIpc) is 2.81. The standard InChI is InChI=1S/C24H26FN5O2/c1-16-4-6-20(17(2)12-16)28-24(31)30-10-8-29(9-11-30)23-14-21(26-15-27-23)19-13-18(25)5-7-22(19)32-3/h4-7,12-15H,8-11H2,1-3H3,(H,28,31). The SMILES string of the molecule is COc1ccc(F)cc1-c1cc(N2CCN(C(=O)Nc3ccc(C)cc3C)CC2)ncn1. The minimum Gasteiger partial charge on any atom is -0.496 e. The third kappa shape index (κ3) is 4.64. The van der Waals surface area contributed by atoms with Crippen LogP contribution in [0, 0.1) is 19.7 Å². The van der Waals surface area contributed by atoms with Crippen LogP contribution in [0.15, 0.2) is 48.8 Å². The molecule has 1 aromatic heterocycles. The number of benzene rings is 2. The zero-order valence-electron chi connectivity index (χ0n) is 18.4. The molecule has 3 aromatic rings. The first kappa shape index (κ1) is 21.5. The number of aromatic nitrogens is 2. The van der Waals surface area contributed by atoms with E-state index in [1.54, 1.807) is 18.1 Å². The zero-order chi connectivity index (χ0) is 22.7. The average molecular weight is 436 g/mol. The van der Waals surface area contributed by atoms with Crippen molar-refractivity contribution in [3.05, 3.63) is 65.7 Å². The monoisotopic (exact) mass is 435 g/mol. The number of urea groups is 1. The molecule has 4 rings (SSSR count). The van der Waals surface area contributed by atoms with Crippen molar-refractivity contribution in [2.75, 3.05) is 43.5 Å². The number of halogens is 1. The van der Waals surface area contributed by atoms with E-state index in [2.05, 4.69) is 20.2 Å². The summed E-state index contributed by atoms with van der Waals surface area (Å²) >= 11 is 0. The van der Waals surface area contributed by atoms with Crippen molar-refractivity contribution in [2.45, 2.75) is 13.8 Å². The van der Waals surface area contributed by atoms with Gasteiger partial charge in [0, 0.05) is 43.5 Å². The molecule has 0 aliphatic carbocycles. The maximum absolute atomic E-state index is 13.8. The molecule has 0 saturated carbocycles. The molecule has 8 heteroatoms. The van der Waals surface area contributed by atoms with E-state index >= 15 is 0 Å². The van der Waals surface area contributed by atoms with E-state index in [1.165, 1.54) is 18.5 Å². The molecule has 0 atom stereocenters. The van der Waals surface area contributed by atoms with Crippen molar-refractivity contribution in [1.82, 2.24) is 14.9 Å². The fourth-order valence-electron chi connectivity index (χ4n) is 3.83. The normalized spacial score (nSPS) is 13.8. The van der Waals surface area contributed by atoms with E-state index in [0.717, 1.165) is 22.6 Å². The number of methoxy groups -OCH3 is 1. The lowest BCUT2D eigenvalue weighted by atomic mass is 10.1. The van der Waals surface area contributed by atoms with Crippen LogP contribution in [0.5, 0.6) is 5.75 Å². The highest BCUT2D eigenvalue weighted by molar-refractivity contribution is 5.90. The summed E-state index contributed by atoms with van der Waals surface area (Å²) in [6.07, 6.45) is 1.47. The third-order valence-electron chi connectivity index (χ3n) is 5.60. The Bertz CT molecular complexity index is 1130. The number of nitrogens with one attached hydrogen (secondary N) is 1. The Balaban J connectivity index is 1.43. The van der Waals surface area contributed by atoms with E-state index < -0.39 is 0 Å². The van der Waals surface area contributed by atoms with Crippen molar-refractivity contribution in [2.24, 2.45) is 0 Å². The number of hydrogen-bond donors (Lipinski definition) is 1. The highest BCUT2D eigenvalue weighted by Gasteiger charge is 2.23. The van der Waals surface area contributed by atoms with Crippen LogP contribution in [-0.2, 0) is 0 Å². The molecular formula is C24H26FN5O2. The molecule has 2 heterocycles. The largest absolute Gasteiger partial charge is 0.496 e. The van der Waals surface area contributed by atoms with Gasteiger partial charge in [0.2, 0.25) is 0 Å². The molecule has 0 spiro atoms. The maximum atomic E-state index is 13.8. The number of nitrogens with zero attached hydrogens (tertiary/aromatic N) is 4. The molecule has 2 amide bonds. The number of carbonyl (C=O) groups is 1. The summed E-state index contributed by atoms with van der Waals surface area (Å²) in [4.78, 5) is 25.3. The van der Waals surface area contributed by atoms with Crippen molar-refractivity contribution in [1.29, 1.82) is 0 Å². The summed E-state index contributed by atoms with van der Waals surface area (Å²) in [6, 6.07) is 12.0. The van der Waals surface area contributed by atoms with Crippen molar-refractivity contribution >= 4 is 17.5 Å². The maximum Gasteiger partial charge on any atom is 0.321 e. The molecule has 1 fully saturated rings. The number of piperazine rings is 1. The second kappa shape index (κ2) is 9.21. The zero-order valence-corrected chi connectivity index (χ0v) is 18.4. The highest BCUT2D eigenvalue weighted by Crippen LogP contribution is 2.30. The van der Waals surface area contributed by atoms with E-state index in [9.17, 15) is 9.18 Å². The molecule has 1 aliphatic heterocycles. The quantitative estimate of drug-likeness (QED) is 0.663. The van der Waals surface area contributed by atoms with Crippen molar-refractivity contribution in [3.8, 4) is 17.0 Å². The Hall–Kier alpha value is -3.68. The molecule has 1 saturated heterocycles. The molecule has 0 radical (unpaired) electrons. The van der Waals surface area contributed by atoms with Gasteiger partial charge >= 0.3 is 6.03 Å². The van der Waals surface area contributed by atoms with Crippen LogP contribution in [0.1, 0.15) is 11.1 Å². The molecule has 1 N–H and O–H groups in total. The van der Waals surface area contributed by atoms with E-state index in [4.69, 9.17) is 4.74 Å². The Morgan fingerprint density at radius 2 is 1.81 bits per heavy atom. The van der Waals surface area contributed by atoms with Crippen LogP contribution in [-0.4, -0.2) is 54.2 Å². The van der Waals surface area contributed by atoms with Gasteiger partial charge in [-0.25, -0.2) is 19.2 Å². The van der Waals surface area contributed by atoms with E-state index in [-0.39, 0.29) is 11.8 Å². The van der Waals surface area contributed by atoms with Gasteiger partial charge in [-0.3, -0.25) is 0 Å². The van der Waals surface area contributed by atoms with Gasteiger partial charge in [0.05, 0.1) is 12.8 Å². The summed E-state index contributed by atoms with van der Waals surface area (Å²) in [6.45, 7) is 6.42. The number of hydrogen-bond acceptors (Lipinski definition) is 5. The third-order valence-corrected chi connectivity index (χ3v) is 5.60. The first-order chi connectivity index (χ1) is 15.4. The Labute approximate surface area is 186 Å². The highest BCUT2D eigenvalue weighted by atomic mass is 19.1. The van der Waals surface area contributed by atoms with Gasteiger partial charge in [0.1, 0.15) is 23.7 Å². The number of aryl methyl sites for hydroxylation is 2. The summed E-state index contributed by atoms with van der Waals surface area (Å²) in [7, 11) is 1.54. The Morgan fingerprint density at radius 1 is 1.03 bits per heavy atom. The van der Waals surface area contributed by atoms with Gasteiger partial charge in [-0.15, -0.1) is 0 Å². The second-order valence-electron chi connectivity index (χ2n) is 7.83. The van der Waals surface area contributed by atoms with Gasteiger partial charge in [0.15, 0.2) is 0 Å². The van der Waals surface area contributed by atoms with Crippen LogP contribution in [0.3, 0.4) is 0 Å². The van der Waals surface area contributed by atoms with Gasteiger partial charge in [-0.05, 0) is 43.7 Å². The summed E-state index contributed by atoms with van der Waals surface area (Å²) in [5, 5.41) is 3.00. The van der Waals surface area contributed by atoms with Crippen LogP contribution >= 0.6 is 0 Å². The smallest absolute Gasteiger partial charge is 0.321 e. The number of anilines is 2. The van der Waals surface area contributed by atoms with Crippen LogP contribution < -0.4 is 15.0 Å². The van der Waals surface area contributed by atoms with Crippen LogP contribution in [0.4, 0.5) is 20.7 Å². The Kier molecular flexibility index (Phi) is 6.20. The van der Waals surface area contributed by atoms with Crippen molar-refractivity contribution < 1.29 is 13.9 Å². The first-order valence-electron chi connectivity index (χ1n) is 10.5. The second-order valence-corrected chi connectivity index (χ2v) is 7.83. The topological polar surface area (TPSA) is 70.6 Å². The predicted octanol–water partition coefficient (Wildman–Crippen LogP) is 4.26. The number of rotatable bonds is 4. The van der Waals surface area contributed by atoms with Gasteiger partial charge in [-0.2, -0.15) is 0 Å². The molecule has 166 valence electrons.